The first-order chi connectivity index (χ1) is 16.7. The summed E-state index contributed by atoms with van der Waals surface area (Å²) in [6.45, 7) is 5.84. The van der Waals surface area contributed by atoms with Crippen molar-refractivity contribution in [2.75, 3.05) is 5.32 Å². The number of nitro benzene ring substituents is 1. The van der Waals surface area contributed by atoms with E-state index in [9.17, 15) is 19.7 Å². The first-order valence-corrected chi connectivity index (χ1v) is 12.1. The molecule has 0 bridgehead atoms. The molecular formula is C24H28N6O4S. The Morgan fingerprint density at radius 1 is 1.11 bits per heavy atom. The van der Waals surface area contributed by atoms with Crippen LogP contribution in [0.25, 0.3) is 0 Å². The van der Waals surface area contributed by atoms with Gasteiger partial charge in [0.25, 0.3) is 11.6 Å². The highest BCUT2D eigenvalue weighted by Crippen LogP contribution is 2.29. The average molecular weight is 497 g/mol. The fourth-order valence-corrected chi connectivity index (χ4v) is 4.34. The molecule has 0 aliphatic heterocycles. The van der Waals surface area contributed by atoms with E-state index in [2.05, 4.69) is 20.8 Å². The van der Waals surface area contributed by atoms with Crippen LogP contribution in [0.1, 0.15) is 49.4 Å². The van der Waals surface area contributed by atoms with Crippen molar-refractivity contribution in [1.82, 2.24) is 20.1 Å². The lowest BCUT2D eigenvalue weighted by Crippen LogP contribution is -2.33. The molecule has 1 aromatic heterocycles. The highest BCUT2D eigenvalue weighted by atomic mass is 32.2. The van der Waals surface area contributed by atoms with Gasteiger partial charge in [-0.2, -0.15) is 0 Å². The predicted molar refractivity (Wildman–Crippen MR) is 134 cm³/mol. The molecule has 0 fully saturated rings. The van der Waals surface area contributed by atoms with Gasteiger partial charge in [-0.15, -0.1) is 10.2 Å². The smallest absolute Gasteiger partial charge is 0.271 e. The van der Waals surface area contributed by atoms with E-state index in [0.29, 0.717) is 28.7 Å². The third-order valence-electron chi connectivity index (χ3n) is 5.37. The molecule has 2 amide bonds. The Morgan fingerprint density at radius 2 is 1.83 bits per heavy atom. The Morgan fingerprint density at radius 3 is 2.46 bits per heavy atom. The second-order valence-corrected chi connectivity index (χ2v) is 9.44. The maximum Gasteiger partial charge on any atom is 0.271 e. The molecule has 1 heterocycles. The van der Waals surface area contributed by atoms with Gasteiger partial charge >= 0.3 is 0 Å². The van der Waals surface area contributed by atoms with Crippen LogP contribution in [0.3, 0.4) is 0 Å². The molecule has 3 aromatic rings. The lowest BCUT2D eigenvalue weighted by atomic mass is 10.0. The summed E-state index contributed by atoms with van der Waals surface area (Å²) in [6, 6.07) is 14.4. The molecule has 0 saturated carbocycles. The summed E-state index contributed by atoms with van der Waals surface area (Å²) in [4.78, 5) is 36.1. The second-order valence-electron chi connectivity index (χ2n) is 8.27. The number of aromatic nitrogens is 3. The van der Waals surface area contributed by atoms with E-state index in [1.54, 1.807) is 41.9 Å². The molecule has 0 aliphatic carbocycles. The number of thioether (sulfide) groups is 1. The summed E-state index contributed by atoms with van der Waals surface area (Å²) in [5, 5.41) is 25.4. The maximum absolute atomic E-state index is 12.9. The van der Waals surface area contributed by atoms with Crippen LogP contribution in [0.15, 0.2) is 59.8 Å². The van der Waals surface area contributed by atoms with Crippen LogP contribution in [-0.2, 0) is 11.8 Å². The van der Waals surface area contributed by atoms with Crippen LogP contribution in [0.2, 0.25) is 0 Å². The molecule has 0 radical (unpaired) electrons. The number of rotatable bonds is 10. The number of carbonyl (C=O) groups excluding carboxylic acids is 2. The molecule has 1 unspecified atom stereocenters. The van der Waals surface area contributed by atoms with Crippen molar-refractivity contribution in [3.05, 3.63) is 76.1 Å². The van der Waals surface area contributed by atoms with Gasteiger partial charge in [-0.25, -0.2) is 0 Å². The van der Waals surface area contributed by atoms with Crippen LogP contribution in [-0.4, -0.2) is 36.8 Å². The first-order valence-electron chi connectivity index (χ1n) is 11.2. The third-order valence-corrected chi connectivity index (χ3v) is 6.77. The van der Waals surface area contributed by atoms with E-state index in [1.807, 2.05) is 26.8 Å². The zero-order valence-corrected chi connectivity index (χ0v) is 20.8. The molecular weight excluding hydrogens is 468 g/mol. The van der Waals surface area contributed by atoms with Gasteiger partial charge in [0.2, 0.25) is 5.91 Å². The molecule has 3 rings (SSSR count). The monoisotopic (exact) mass is 496 g/mol. The molecule has 2 atom stereocenters. The van der Waals surface area contributed by atoms with Gasteiger partial charge in [-0.05, 0) is 30.5 Å². The Labute approximate surface area is 207 Å². The summed E-state index contributed by atoms with van der Waals surface area (Å²) in [6.07, 6.45) is 0.506. The second kappa shape index (κ2) is 11.6. The summed E-state index contributed by atoms with van der Waals surface area (Å²) >= 11 is 1.25. The first kappa shape index (κ1) is 25.9. The average Bonchev–Trinajstić information content (AvgIpc) is 3.20. The molecule has 11 heteroatoms. The number of nitrogens with one attached hydrogen (secondary N) is 2. The van der Waals surface area contributed by atoms with Crippen LogP contribution >= 0.6 is 11.8 Å². The normalized spacial score (nSPS) is 12.7. The minimum atomic E-state index is -0.509. The molecule has 2 N–H and O–H groups in total. The number of amides is 2. The van der Waals surface area contributed by atoms with Crippen molar-refractivity contribution in [3.63, 3.8) is 0 Å². The number of anilines is 1. The fraction of sp³-hybridized carbons (Fsp3) is 0.333. The van der Waals surface area contributed by atoms with Crippen LogP contribution in [0.4, 0.5) is 11.4 Å². The minimum absolute atomic E-state index is 0.0440. The molecule has 0 spiro atoms. The summed E-state index contributed by atoms with van der Waals surface area (Å²) in [5.41, 5.74) is 0.808. The number of hydrogen-bond acceptors (Lipinski definition) is 7. The minimum Gasteiger partial charge on any atom is -0.342 e. The van der Waals surface area contributed by atoms with Gasteiger partial charge in [0.15, 0.2) is 11.0 Å². The quantitative estimate of drug-likeness (QED) is 0.242. The zero-order valence-electron chi connectivity index (χ0n) is 20.0. The van der Waals surface area contributed by atoms with E-state index in [1.165, 1.54) is 30.0 Å². The Hall–Kier alpha value is -3.73. The van der Waals surface area contributed by atoms with E-state index in [0.717, 1.165) is 0 Å². The van der Waals surface area contributed by atoms with E-state index >= 15 is 0 Å². The SMILES string of the molecule is CCC(Sc1nnc([C@H](NC(=O)c2ccccc2)C(C)C)n1C)C(=O)Nc1cccc([N+](=O)[O-])c1. The summed E-state index contributed by atoms with van der Waals surface area (Å²) in [7, 11) is 1.80. The molecule has 2 aromatic carbocycles. The largest absolute Gasteiger partial charge is 0.342 e. The highest BCUT2D eigenvalue weighted by Gasteiger charge is 2.27. The van der Waals surface area contributed by atoms with Crippen molar-refractivity contribution in [1.29, 1.82) is 0 Å². The zero-order chi connectivity index (χ0) is 25.5. The number of benzene rings is 2. The third kappa shape index (κ3) is 6.44. The van der Waals surface area contributed by atoms with Crippen molar-refractivity contribution in [2.45, 2.75) is 43.6 Å². The Bertz CT molecular complexity index is 1200. The van der Waals surface area contributed by atoms with Crippen molar-refractivity contribution in [3.8, 4) is 0 Å². The highest BCUT2D eigenvalue weighted by molar-refractivity contribution is 8.00. The standard InChI is InChI=1S/C24H28N6O4S/c1-5-19(23(32)25-17-12-9-13-18(14-17)30(33)34)35-24-28-27-21(29(24)4)20(15(2)3)26-22(31)16-10-7-6-8-11-16/h6-15,19-20H,5H2,1-4H3,(H,25,32)(H,26,31)/t19?,20-/m1/s1. The van der Waals surface area contributed by atoms with Crippen LogP contribution in [0, 0.1) is 16.0 Å². The molecule has 0 aliphatic rings. The van der Waals surface area contributed by atoms with Crippen LogP contribution in [0.5, 0.6) is 0 Å². The fourth-order valence-electron chi connectivity index (χ4n) is 3.41. The number of nitro groups is 1. The number of carbonyl (C=O) groups is 2. The summed E-state index contributed by atoms with van der Waals surface area (Å²) < 4.78 is 1.78. The molecule has 35 heavy (non-hydrogen) atoms. The van der Waals surface area contributed by atoms with Crippen LogP contribution < -0.4 is 10.6 Å². The number of hydrogen-bond donors (Lipinski definition) is 2. The number of nitrogens with zero attached hydrogens (tertiary/aromatic N) is 4. The number of non-ortho nitro benzene ring substituents is 1. The molecule has 10 nitrogen and oxygen atoms in total. The van der Waals surface area contributed by atoms with Gasteiger partial charge in [-0.3, -0.25) is 19.7 Å². The van der Waals surface area contributed by atoms with E-state index in [-0.39, 0.29) is 29.5 Å². The lowest BCUT2D eigenvalue weighted by Gasteiger charge is -2.22. The van der Waals surface area contributed by atoms with Crippen molar-refractivity contribution >= 4 is 35.0 Å². The lowest BCUT2D eigenvalue weighted by molar-refractivity contribution is -0.384. The van der Waals surface area contributed by atoms with Gasteiger partial charge in [0.05, 0.1) is 16.2 Å². The van der Waals surface area contributed by atoms with Crippen molar-refractivity contribution in [2.24, 2.45) is 13.0 Å². The molecule has 184 valence electrons. The van der Waals surface area contributed by atoms with Gasteiger partial charge < -0.3 is 15.2 Å². The van der Waals surface area contributed by atoms with Crippen molar-refractivity contribution < 1.29 is 14.5 Å². The maximum atomic E-state index is 12.9. The Kier molecular flexibility index (Phi) is 8.58. The topological polar surface area (TPSA) is 132 Å². The van der Waals surface area contributed by atoms with Gasteiger partial charge in [0.1, 0.15) is 0 Å². The summed E-state index contributed by atoms with van der Waals surface area (Å²) in [5.74, 6) is 0.132. The predicted octanol–water partition coefficient (Wildman–Crippen LogP) is 4.36. The van der Waals surface area contributed by atoms with Gasteiger partial charge in [-0.1, -0.05) is 56.8 Å². The molecule has 0 saturated heterocycles. The van der Waals surface area contributed by atoms with Gasteiger partial charge in [0, 0.05) is 30.4 Å². The Balaban J connectivity index is 1.74. The van der Waals surface area contributed by atoms with E-state index < -0.39 is 10.2 Å². The van der Waals surface area contributed by atoms with E-state index in [4.69, 9.17) is 0 Å².